The zero-order valence-corrected chi connectivity index (χ0v) is 11.5. The van der Waals surface area contributed by atoms with Gasteiger partial charge in [-0.3, -0.25) is 9.00 Å². The summed E-state index contributed by atoms with van der Waals surface area (Å²) < 4.78 is 11.3. The van der Waals surface area contributed by atoms with Crippen LogP contribution >= 0.6 is 0 Å². The van der Waals surface area contributed by atoms with Crippen LogP contribution in [0.2, 0.25) is 0 Å². The SMILES string of the molecule is CCS(=O)CCNC(=O)c1c[nH]c2ccc(N)cc12. The molecule has 2 rings (SSSR count). The lowest BCUT2D eigenvalue weighted by atomic mass is 10.1. The van der Waals surface area contributed by atoms with Crippen LogP contribution in [0.1, 0.15) is 17.3 Å². The molecule has 0 saturated heterocycles. The van der Waals surface area contributed by atoms with E-state index in [1.54, 1.807) is 18.3 Å². The second-order valence-corrected chi connectivity index (χ2v) is 6.06. The normalized spacial score (nSPS) is 12.5. The molecule has 4 N–H and O–H groups in total. The van der Waals surface area contributed by atoms with Crippen molar-refractivity contribution in [2.24, 2.45) is 0 Å². The summed E-state index contributed by atoms with van der Waals surface area (Å²) in [6, 6.07) is 5.39. The van der Waals surface area contributed by atoms with Crippen molar-refractivity contribution in [3.8, 4) is 0 Å². The van der Waals surface area contributed by atoms with Crippen molar-refractivity contribution >= 4 is 33.3 Å². The second kappa shape index (κ2) is 5.88. The maximum absolute atomic E-state index is 12.0. The fraction of sp³-hybridized carbons (Fsp3) is 0.308. The molecule has 1 atom stereocenters. The van der Waals surface area contributed by atoms with Crippen molar-refractivity contribution in [1.82, 2.24) is 10.3 Å². The van der Waals surface area contributed by atoms with E-state index in [1.807, 2.05) is 13.0 Å². The Kier molecular flexibility index (Phi) is 4.21. The number of benzene rings is 1. The van der Waals surface area contributed by atoms with E-state index in [9.17, 15) is 9.00 Å². The molecule has 0 aliphatic carbocycles. The summed E-state index contributed by atoms with van der Waals surface area (Å²) in [6.07, 6.45) is 1.66. The van der Waals surface area contributed by atoms with Gasteiger partial charge in [-0.1, -0.05) is 6.92 Å². The van der Waals surface area contributed by atoms with Crippen LogP contribution in [-0.2, 0) is 10.8 Å². The van der Waals surface area contributed by atoms with E-state index in [1.165, 1.54) is 0 Å². The smallest absolute Gasteiger partial charge is 0.253 e. The maximum Gasteiger partial charge on any atom is 0.253 e. The zero-order valence-electron chi connectivity index (χ0n) is 10.7. The minimum Gasteiger partial charge on any atom is -0.399 e. The van der Waals surface area contributed by atoms with E-state index in [4.69, 9.17) is 5.73 Å². The number of carbonyl (C=O) groups excluding carboxylic acids is 1. The number of anilines is 1. The summed E-state index contributed by atoms with van der Waals surface area (Å²) in [5.41, 5.74) is 7.77. The van der Waals surface area contributed by atoms with Gasteiger partial charge in [-0.25, -0.2) is 0 Å². The summed E-state index contributed by atoms with van der Waals surface area (Å²) in [6.45, 7) is 2.27. The zero-order chi connectivity index (χ0) is 13.8. The average Bonchev–Trinajstić information content (AvgIpc) is 2.81. The standard InChI is InChI=1S/C13H17N3O2S/c1-2-19(18)6-5-15-13(17)11-8-16-12-4-3-9(14)7-10(11)12/h3-4,7-8,16H,2,5-6,14H2,1H3,(H,15,17). The topological polar surface area (TPSA) is 88.0 Å². The minimum absolute atomic E-state index is 0.176. The largest absolute Gasteiger partial charge is 0.399 e. The molecule has 1 aromatic heterocycles. The molecule has 0 fully saturated rings. The molecule has 0 saturated carbocycles. The molecule has 0 radical (unpaired) electrons. The molecule has 5 nitrogen and oxygen atoms in total. The molecular formula is C13H17N3O2S. The van der Waals surface area contributed by atoms with Gasteiger partial charge in [0.15, 0.2) is 0 Å². The molecule has 2 aromatic rings. The first kappa shape index (κ1) is 13.6. The van der Waals surface area contributed by atoms with E-state index in [0.29, 0.717) is 29.3 Å². The molecule has 1 heterocycles. The van der Waals surface area contributed by atoms with Crippen LogP contribution in [0.25, 0.3) is 10.9 Å². The van der Waals surface area contributed by atoms with Gasteiger partial charge in [0, 0.05) is 51.6 Å². The third kappa shape index (κ3) is 3.14. The Hall–Kier alpha value is -1.82. The predicted molar refractivity (Wildman–Crippen MR) is 78.6 cm³/mol. The van der Waals surface area contributed by atoms with Gasteiger partial charge in [-0.2, -0.15) is 0 Å². The summed E-state index contributed by atoms with van der Waals surface area (Å²) >= 11 is 0. The first-order valence-corrected chi connectivity index (χ1v) is 7.60. The van der Waals surface area contributed by atoms with Crippen LogP contribution in [0.15, 0.2) is 24.4 Å². The average molecular weight is 279 g/mol. The lowest BCUT2D eigenvalue weighted by Gasteiger charge is -2.04. The summed E-state index contributed by atoms with van der Waals surface area (Å²) in [7, 11) is -0.864. The number of hydrogen-bond donors (Lipinski definition) is 3. The number of hydrogen-bond acceptors (Lipinski definition) is 3. The molecule has 0 spiro atoms. The lowest BCUT2D eigenvalue weighted by molar-refractivity contribution is 0.0958. The minimum atomic E-state index is -0.864. The molecule has 0 aliphatic rings. The van der Waals surface area contributed by atoms with Gasteiger partial charge >= 0.3 is 0 Å². The molecule has 6 heteroatoms. The fourth-order valence-electron chi connectivity index (χ4n) is 1.84. The number of nitrogens with two attached hydrogens (primary N) is 1. The third-order valence-electron chi connectivity index (χ3n) is 2.89. The molecule has 102 valence electrons. The molecule has 0 aliphatic heterocycles. The third-order valence-corrected chi connectivity index (χ3v) is 4.19. The summed E-state index contributed by atoms with van der Waals surface area (Å²) in [4.78, 5) is 15.1. The Morgan fingerprint density at radius 1 is 1.47 bits per heavy atom. The number of aromatic amines is 1. The van der Waals surface area contributed by atoms with Gasteiger partial charge < -0.3 is 16.0 Å². The molecule has 0 bridgehead atoms. The highest BCUT2D eigenvalue weighted by Gasteiger charge is 2.11. The van der Waals surface area contributed by atoms with Crippen LogP contribution in [0.4, 0.5) is 5.69 Å². The van der Waals surface area contributed by atoms with Gasteiger partial charge in [-0.05, 0) is 18.2 Å². The van der Waals surface area contributed by atoms with Crippen molar-refractivity contribution in [1.29, 1.82) is 0 Å². The van der Waals surface area contributed by atoms with Crippen LogP contribution in [0, 0.1) is 0 Å². The van der Waals surface area contributed by atoms with Crippen LogP contribution in [0.5, 0.6) is 0 Å². The van der Waals surface area contributed by atoms with E-state index >= 15 is 0 Å². The Morgan fingerprint density at radius 3 is 3.00 bits per heavy atom. The predicted octanol–water partition coefficient (Wildman–Crippen LogP) is 1.25. The van der Waals surface area contributed by atoms with E-state index in [0.717, 1.165) is 10.9 Å². The van der Waals surface area contributed by atoms with Crippen molar-refractivity contribution in [3.63, 3.8) is 0 Å². The maximum atomic E-state index is 12.0. The van der Waals surface area contributed by atoms with Crippen molar-refractivity contribution < 1.29 is 9.00 Å². The Bertz CT molecular complexity index is 621. The number of carbonyl (C=O) groups is 1. The van der Waals surface area contributed by atoms with Gasteiger partial charge in [0.2, 0.25) is 0 Å². The van der Waals surface area contributed by atoms with E-state index < -0.39 is 10.8 Å². The molecule has 1 unspecified atom stereocenters. The van der Waals surface area contributed by atoms with Crippen molar-refractivity contribution in [2.45, 2.75) is 6.92 Å². The summed E-state index contributed by atoms with van der Waals surface area (Å²) in [5, 5.41) is 3.57. The lowest BCUT2D eigenvalue weighted by Crippen LogP contribution is -2.27. The molecule has 1 amide bonds. The Labute approximate surface area is 114 Å². The number of H-pyrrole nitrogens is 1. The van der Waals surface area contributed by atoms with Crippen molar-refractivity contribution in [2.75, 3.05) is 23.8 Å². The number of fused-ring (bicyclic) bond motifs is 1. The number of nitrogen functional groups attached to an aromatic ring is 1. The van der Waals surface area contributed by atoms with Gasteiger partial charge in [0.25, 0.3) is 5.91 Å². The number of aromatic nitrogens is 1. The van der Waals surface area contributed by atoms with Crippen molar-refractivity contribution in [3.05, 3.63) is 30.0 Å². The second-order valence-electron chi connectivity index (χ2n) is 4.20. The van der Waals surface area contributed by atoms with Gasteiger partial charge in [0.1, 0.15) is 0 Å². The van der Waals surface area contributed by atoms with Gasteiger partial charge in [-0.15, -0.1) is 0 Å². The first-order chi connectivity index (χ1) is 9.11. The van der Waals surface area contributed by atoms with E-state index in [-0.39, 0.29) is 5.91 Å². The monoisotopic (exact) mass is 279 g/mol. The first-order valence-electron chi connectivity index (χ1n) is 6.11. The Morgan fingerprint density at radius 2 is 2.26 bits per heavy atom. The molecular weight excluding hydrogens is 262 g/mol. The van der Waals surface area contributed by atoms with Crippen LogP contribution in [0.3, 0.4) is 0 Å². The highest BCUT2D eigenvalue weighted by Crippen LogP contribution is 2.20. The quantitative estimate of drug-likeness (QED) is 0.720. The molecule has 1 aromatic carbocycles. The molecule has 19 heavy (non-hydrogen) atoms. The number of rotatable bonds is 5. The Balaban J connectivity index is 2.09. The van der Waals surface area contributed by atoms with Crippen LogP contribution < -0.4 is 11.1 Å². The number of nitrogens with one attached hydrogen (secondary N) is 2. The van der Waals surface area contributed by atoms with Crippen LogP contribution in [-0.4, -0.2) is 33.2 Å². The highest BCUT2D eigenvalue weighted by atomic mass is 32.2. The fourth-order valence-corrected chi connectivity index (χ4v) is 2.46. The number of amides is 1. The van der Waals surface area contributed by atoms with Gasteiger partial charge in [0.05, 0.1) is 5.56 Å². The summed E-state index contributed by atoms with van der Waals surface area (Å²) in [5.74, 6) is 0.914. The van der Waals surface area contributed by atoms with E-state index in [2.05, 4.69) is 10.3 Å². The highest BCUT2D eigenvalue weighted by molar-refractivity contribution is 7.84.